The van der Waals surface area contributed by atoms with Crippen molar-refractivity contribution in [2.24, 2.45) is 0 Å². The summed E-state index contributed by atoms with van der Waals surface area (Å²) in [6, 6.07) is 14.9. The minimum atomic E-state index is -3.70. The van der Waals surface area contributed by atoms with Gasteiger partial charge in [0.1, 0.15) is 10.0 Å². The van der Waals surface area contributed by atoms with Crippen LogP contribution in [-0.2, 0) is 10.0 Å². The second kappa shape index (κ2) is 6.80. The van der Waals surface area contributed by atoms with E-state index >= 15 is 0 Å². The second-order valence-corrected chi connectivity index (χ2v) is 8.32. The molecule has 7 heteroatoms. The number of nitrogens with zero attached hydrogens (tertiary/aromatic N) is 1. The SMILES string of the molecule is CC(NS(=O)(=O)c1cnc(Cl)c(Br)c1)c1ccc2ccccc2c1. The number of rotatable bonds is 4. The maximum Gasteiger partial charge on any atom is 0.242 e. The average Bonchev–Trinajstić information content (AvgIpc) is 2.56. The fourth-order valence-corrected chi connectivity index (χ4v) is 4.20. The van der Waals surface area contributed by atoms with E-state index in [4.69, 9.17) is 11.6 Å². The first kappa shape index (κ1) is 17.4. The number of hydrogen-bond donors (Lipinski definition) is 1. The van der Waals surface area contributed by atoms with Gasteiger partial charge in [-0.15, -0.1) is 0 Å². The second-order valence-electron chi connectivity index (χ2n) is 5.39. The highest BCUT2D eigenvalue weighted by Crippen LogP contribution is 2.25. The highest BCUT2D eigenvalue weighted by Gasteiger charge is 2.20. The number of halogens is 2. The van der Waals surface area contributed by atoms with Crippen LogP contribution in [0.5, 0.6) is 0 Å². The third-order valence-electron chi connectivity index (χ3n) is 3.69. The van der Waals surface area contributed by atoms with Crippen molar-refractivity contribution in [2.75, 3.05) is 0 Å². The Bertz CT molecular complexity index is 1010. The molecular formula is C17H14BrClN2O2S. The lowest BCUT2D eigenvalue weighted by Gasteiger charge is -2.15. The van der Waals surface area contributed by atoms with Gasteiger partial charge in [-0.1, -0.05) is 48.0 Å². The van der Waals surface area contributed by atoms with E-state index in [0.717, 1.165) is 16.3 Å². The van der Waals surface area contributed by atoms with Crippen LogP contribution in [0.15, 0.2) is 64.1 Å². The van der Waals surface area contributed by atoms with Crippen LogP contribution in [0, 0.1) is 0 Å². The molecule has 0 radical (unpaired) electrons. The highest BCUT2D eigenvalue weighted by atomic mass is 79.9. The van der Waals surface area contributed by atoms with Gasteiger partial charge in [0, 0.05) is 12.2 Å². The van der Waals surface area contributed by atoms with Crippen molar-refractivity contribution in [3.63, 3.8) is 0 Å². The molecule has 124 valence electrons. The van der Waals surface area contributed by atoms with Crippen LogP contribution in [0.3, 0.4) is 0 Å². The van der Waals surface area contributed by atoms with Gasteiger partial charge >= 0.3 is 0 Å². The maximum atomic E-state index is 12.5. The molecule has 1 N–H and O–H groups in total. The molecular weight excluding hydrogens is 412 g/mol. The summed E-state index contributed by atoms with van der Waals surface area (Å²) in [5.74, 6) is 0. The van der Waals surface area contributed by atoms with Gasteiger partial charge in [-0.05, 0) is 51.3 Å². The first-order valence-electron chi connectivity index (χ1n) is 7.19. The van der Waals surface area contributed by atoms with Crippen molar-refractivity contribution in [1.82, 2.24) is 9.71 Å². The van der Waals surface area contributed by atoms with E-state index in [1.807, 2.05) is 42.5 Å². The van der Waals surface area contributed by atoms with Gasteiger partial charge in [-0.3, -0.25) is 0 Å². The standard InChI is InChI=1S/C17H14BrClN2O2S/c1-11(13-7-6-12-4-2-3-5-14(12)8-13)21-24(22,23)15-9-16(18)17(19)20-10-15/h2-11,21H,1H3. The van der Waals surface area contributed by atoms with E-state index in [0.29, 0.717) is 4.47 Å². The molecule has 0 fully saturated rings. The zero-order valence-corrected chi connectivity index (χ0v) is 15.9. The maximum absolute atomic E-state index is 12.5. The minimum absolute atomic E-state index is 0.0615. The monoisotopic (exact) mass is 424 g/mol. The minimum Gasteiger partial charge on any atom is -0.242 e. The van der Waals surface area contributed by atoms with Gasteiger partial charge in [0.05, 0.1) is 4.47 Å². The lowest BCUT2D eigenvalue weighted by molar-refractivity contribution is 0.566. The molecule has 2 aromatic carbocycles. The predicted octanol–water partition coefficient (Wildman–Crippen LogP) is 4.69. The van der Waals surface area contributed by atoms with Crippen LogP contribution in [0.25, 0.3) is 10.8 Å². The van der Waals surface area contributed by atoms with Gasteiger partial charge in [0.15, 0.2) is 0 Å². The van der Waals surface area contributed by atoms with E-state index in [1.54, 1.807) is 6.92 Å². The van der Waals surface area contributed by atoms with E-state index in [9.17, 15) is 8.42 Å². The molecule has 0 amide bonds. The Morgan fingerprint density at radius 2 is 1.83 bits per heavy atom. The van der Waals surface area contributed by atoms with Crippen LogP contribution in [0.1, 0.15) is 18.5 Å². The Labute approximate surface area is 154 Å². The molecule has 0 aliphatic rings. The first-order valence-corrected chi connectivity index (χ1v) is 9.84. The van der Waals surface area contributed by atoms with Crippen molar-refractivity contribution in [3.05, 3.63) is 69.9 Å². The molecule has 24 heavy (non-hydrogen) atoms. The Kier molecular flexibility index (Phi) is 4.92. The van der Waals surface area contributed by atoms with Crippen molar-refractivity contribution in [1.29, 1.82) is 0 Å². The lowest BCUT2D eigenvalue weighted by Crippen LogP contribution is -2.27. The molecule has 0 saturated heterocycles. The number of hydrogen-bond acceptors (Lipinski definition) is 3. The van der Waals surface area contributed by atoms with Gasteiger partial charge in [-0.2, -0.15) is 0 Å². The summed E-state index contributed by atoms with van der Waals surface area (Å²) in [6.45, 7) is 1.81. The zero-order chi connectivity index (χ0) is 17.3. The molecule has 3 rings (SSSR count). The zero-order valence-electron chi connectivity index (χ0n) is 12.7. The summed E-state index contributed by atoms with van der Waals surface area (Å²) in [6.07, 6.45) is 1.24. The summed E-state index contributed by atoms with van der Waals surface area (Å²) < 4.78 is 28.2. The molecule has 3 aromatic rings. The first-order chi connectivity index (χ1) is 11.4. The van der Waals surface area contributed by atoms with Crippen molar-refractivity contribution < 1.29 is 8.42 Å². The molecule has 0 aliphatic carbocycles. The van der Waals surface area contributed by atoms with Crippen LogP contribution in [-0.4, -0.2) is 13.4 Å². The number of sulfonamides is 1. The number of aromatic nitrogens is 1. The van der Waals surface area contributed by atoms with Crippen LogP contribution in [0.4, 0.5) is 0 Å². The Hall–Kier alpha value is -1.47. The van der Waals surface area contributed by atoms with E-state index in [2.05, 4.69) is 25.6 Å². The van der Waals surface area contributed by atoms with E-state index < -0.39 is 10.0 Å². The largest absolute Gasteiger partial charge is 0.242 e. The molecule has 1 atom stereocenters. The fraction of sp³-hybridized carbons (Fsp3) is 0.118. The molecule has 0 bridgehead atoms. The van der Waals surface area contributed by atoms with E-state index in [-0.39, 0.29) is 16.1 Å². The van der Waals surface area contributed by atoms with Crippen LogP contribution < -0.4 is 4.72 Å². The predicted molar refractivity (Wildman–Crippen MR) is 99.6 cm³/mol. The third kappa shape index (κ3) is 3.62. The summed E-state index contributed by atoms with van der Waals surface area (Å²) in [5.41, 5.74) is 0.887. The van der Waals surface area contributed by atoms with Crippen LogP contribution in [0.2, 0.25) is 5.15 Å². The van der Waals surface area contributed by atoms with Gasteiger partial charge in [0.25, 0.3) is 0 Å². The molecule has 1 unspecified atom stereocenters. The molecule has 1 heterocycles. The van der Waals surface area contributed by atoms with Gasteiger partial charge in [0.2, 0.25) is 10.0 Å². The van der Waals surface area contributed by atoms with Gasteiger partial charge in [-0.25, -0.2) is 18.1 Å². The summed E-state index contributed by atoms with van der Waals surface area (Å²) in [7, 11) is -3.70. The highest BCUT2D eigenvalue weighted by molar-refractivity contribution is 9.10. The van der Waals surface area contributed by atoms with Crippen molar-refractivity contribution >= 4 is 48.3 Å². The molecule has 4 nitrogen and oxygen atoms in total. The van der Waals surface area contributed by atoms with Crippen molar-refractivity contribution in [3.8, 4) is 0 Å². The normalized spacial score (nSPS) is 13.1. The summed E-state index contributed by atoms with van der Waals surface area (Å²) in [4.78, 5) is 3.93. The van der Waals surface area contributed by atoms with Crippen LogP contribution >= 0.6 is 27.5 Å². The number of benzene rings is 2. The number of nitrogens with one attached hydrogen (secondary N) is 1. The molecule has 0 aliphatic heterocycles. The summed E-state index contributed by atoms with van der Waals surface area (Å²) >= 11 is 9.00. The fourth-order valence-electron chi connectivity index (χ4n) is 2.40. The molecule has 0 saturated carbocycles. The topological polar surface area (TPSA) is 59.1 Å². The average molecular weight is 426 g/mol. The molecule has 1 aromatic heterocycles. The number of pyridine rings is 1. The smallest absolute Gasteiger partial charge is 0.242 e. The van der Waals surface area contributed by atoms with Gasteiger partial charge < -0.3 is 0 Å². The third-order valence-corrected chi connectivity index (χ3v) is 6.33. The molecule has 0 spiro atoms. The van der Waals surface area contributed by atoms with Crippen molar-refractivity contribution in [2.45, 2.75) is 17.9 Å². The Morgan fingerprint density at radius 3 is 2.54 bits per heavy atom. The quantitative estimate of drug-likeness (QED) is 0.617. The van der Waals surface area contributed by atoms with E-state index in [1.165, 1.54) is 12.3 Å². The summed E-state index contributed by atoms with van der Waals surface area (Å²) in [5, 5.41) is 2.40. The number of fused-ring (bicyclic) bond motifs is 1. The Balaban J connectivity index is 1.88. The Morgan fingerprint density at radius 1 is 1.12 bits per heavy atom. The lowest BCUT2D eigenvalue weighted by atomic mass is 10.0.